The van der Waals surface area contributed by atoms with Crippen LogP contribution in [0.5, 0.6) is 0 Å². The lowest BCUT2D eigenvalue weighted by Crippen LogP contribution is -2.43. The van der Waals surface area contributed by atoms with E-state index < -0.39 is 0 Å². The fourth-order valence-electron chi connectivity index (χ4n) is 3.68. The molecule has 1 fully saturated rings. The van der Waals surface area contributed by atoms with Crippen molar-refractivity contribution in [3.05, 3.63) is 34.9 Å². The van der Waals surface area contributed by atoms with Crippen molar-refractivity contribution in [1.29, 1.82) is 0 Å². The average molecular weight is 257 g/mol. The summed E-state index contributed by atoms with van der Waals surface area (Å²) >= 11 is 0. The van der Waals surface area contributed by atoms with Crippen LogP contribution in [0.1, 0.15) is 56.2 Å². The molecule has 1 aromatic rings. The molecule has 0 spiro atoms. The molecule has 0 unspecified atom stereocenters. The molecule has 1 aromatic carbocycles. The summed E-state index contributed by atoms with van der Waals surface area (Å²) < 4.78 is 0. The summed E-state index contributed by atoms with van der Waals surface area (Å²) in [6.45, 7) is 5.70. The van der Waals surface area contributed by atoms with E-state index in [9.17, 15) is 0 Å². The quantitative estimate of drug-likeness (QED) is 0.844. The number of nitrogens with one attached hydrogen (secondary N) is 1. The topological polar surface area (TPSA) is 12.0 Å². The maximum atomic E-state index is 3.66. The Morgan fingerprint density at radius 1 is 1.11 bits per heavy atom. The number of rotatable bonds is 5. The van der Waals surface area contributed by atoms with Crippen molar-refractivity contribution in [1.82, 2.24) is 5.32 Å². The number of aryl methyl sites for hydroxylation is 2. The zero-order valence-electron chi connectivity index (χ0n) is 12.5. The molecule has 0 saturated heterocycles. The second-order valence-electron chi connectivity index (χ2n) is 7.02. The van der Waals surface area contributed by atoms with Gasteiger partial charge in [0.1, 0.15) is 0 Å². The van der Waals surface area contributed by atoms with Crippen LogP contribution in [0.15, 0.2) is 18.2 Å². The summed E-state index contributed by atoms with van der Waals surface area (Å²) in [5, 5.41) is 3.66. The van der Waals surface area contributed by atoms with Crippen LogP contribution in [0.3, 0.4) is 0 Å². The van der Waals surface area contributed by atoms with E-state index in [1.54, 1.807) is 16.7 Å². The normalized spacial score (nSPS) is 20.4. The highest BCUT2D eigenvalue weighted by molar-refractivity contribution is 5.35. The highest BCUT2D eigenvalue weighted by Gasteiger charge is 2.36. The van der Waals surface area contributed by atoms with E-state index >= 15 is 0 Å². The van der Waals surface area contributed by atoms with Crippen molar-refractivity contribution in [2.45, 2.75) is 64.8 Å². The van der Waals surface area contributed by atoms with Gasteiger partial charge in [-0.15, -0.1) is 0 Å². The lowest BCUT2D eigenvalue weighted by Gasteiger charge is -2.43. The summed E-state index contributed by atoms with van der Waals surface area (Å²) in [5.41, 5.74) is 5.36. The highest BCUT2D eigenvalue weighted by Crippen LogP contribution is 2.43. The van der Waals surface area contributed by atoms with Gasteiger partial charge in [-0.3, -0.25) is 0 Å². The molecule has 0 heterocycles. The smallest absolute Gasteiger partial charge is 0.00134 e. The maximum Gasteiger partial charge on any atom is 0.00134 e. The fraction of sp³-hybridized carbons (Fsp3) is 0.667. The molecule has 2 aliphatic rings. The molecule has 19 heavy (non-hydrogen) atoms. The molecule has 0 aliphatic heterocycles. The van der Waals surface area contributed by atoms with Gasteiger partial charge >= 0.3 is 0 Å². The third-order valence-corrected chi connectivity index (χ3v) is 5.04. The zero-order valence-corrected chi connectivity index (χ0v) is 12.5. The summed E-state index contributed by atoms with van der Waals surface area (Å²) in [5.74, 6) is 0. The average Bonchev–Trinajstić information content (AvgIpc) is 2.79. The van der Waals surface area contributed by atoms with Gasteiger partial charge in [0.25, 0.3) is 0 Å². The number of hydrogen-bond donors (Lipinski definition) is 1. The van der Waals surface area contributed by atoms with Crippen molar-refractivity contribution in [2.24, 2.45) is 5.41 Å². The molecule has 2 aliphatic carbocycles. The first kappa shape index (κ1) is 13.2. The predicted molar refractivity (Wildman–Crippen MR) is 81.6 cm³/mol. The first-order valence-electron chi connectivity index (χ1n) is 8.01. The first-order chi connectivity index (χ1) is 9.17. The van der Waals surface area contributed by atoms with Crippen LogP contribution in [0, 0.1) is 5.41 Å². The van der Waals surface area contributed by atoms with Gasteiger partial charge in [-0.1, -0.05) is 38.5 Å². The van der Waals surface area contributed by atoms with E-state index in [1.165, 1.54) is 51.5 Å². The van der Waals surface area contributed by atoms with Crippen molar-refractivity contribution >= 4 is 0 Å². The largest absolute Gasteiger partial charge is 0.314 e. The van der Waals surface area contributed by atoms with Crippen LogP contribution in [0.2, 0.25) is 0 Å². The van der Waals surface area contributed by atoms with Crippen LogP contribution in [-0.4, -0.2) is 12.6 Å². The van der Waals surface area contributed by atoms with E-state index in [0.29, 0.717) is 11.5 Å². The molecule has 0 bridgehead atoms. The van der Waals surface area contributed by atoms with E-state index in [4.69, 9.17) is 0 Å². The van der Waals surface area contributed by atoms with Gasteiger partial charge in [0, 0.05) is 12.6 Å². The maximum absolute atomic E-state index is 3.66. The summed E-state index contributed by atoms with van der Waals surface area (Å²) in [6, 6.07) is 7.88. The van der Waals surface area contributed by atoms with E-state index in [-0.39, 0.29) is 0 Å². The molecule has 0 aromatic heterocycles. The SMILES string of the molecule is CC(C)NCC1(Cc2ccc3c(c2)CCC3)CCC1. The van der Waals surface area contributed by atoms with Gasteiger partial charge in [0.2, 0.25) is 0 Å². The number of benzene rings is 1. The molecule has 1 N–H and O–H groups in total. The molecule has 0 atom stereocenters. The molecular formula is C18H27N. The van der Waals surface area contributed by atoms with Gasteiger partial charge in [-0.25, -0.2) is 0 Å². The van der Waals surface area contributed by atoms with Crippen LogP contribution in [0.4, 0.5) is 0 Å². The summed E-state index contributed by atoms with van der Waals surface area (Å²) in [6.07, 6.45) is 9.48. The van der Waals surface area contributed by atoms with E-state index in [2.05, 4.69) is 37.4 Å². The minimum atomic E-state index is 0.553. The second kappa shape index (κ2) is 5.28. The van der Waals surface area contributed by atoms with Gasteiger partial charge in [0.15, 0.2) is 0 Å². The van der Waals surface area contributed by atoms with Crippen LogP contribution in [-0.2, 0) is 19.3 Å². The Bertz CT molecular complexity index is 443. The minimum Gasteiger partial charge on any atom is -0.314 e. The number of hydrogen-bond acceptors (Lipinski definition) is 1. The Morgan fingerprint density at radius 2 is 1.89 bits per heavy atom. The van der Waals surface area contributed by atoms with Crippen molar-refractivity contribution in [3.63, 3.8) is 0 Å². The molecule has 104 valence electrons. The highest BCUT2D eigenvalue weighted by atomic mass is 14.9. The summed E-state index contributed by atoms with van der Waals surface area (Å²) in [4.78, 5) is 0. The summed E-state index contributed by atoms with van der Waals surface area (Å²) in [7, 11) is 0. The minimum absolute atomic E-state index is 0.553. The third kappa shape index (κ3) is 2.86. The van der Waals surface area contributed by atoms with Crippen molar-refractivity contribution in [3.8, 4) is 0 Å². The van der Waals surface area contributed by atoms with E-state index in [0.717, 1.165) is 0 Å². The molecule has 1 heteroatoms. The lowest BCUT2D eigenvalue weighted by atomic mass is 9.65. The second-order valence-corrected chi connectivity index (χ2v) is 7.02. The Kier molecular flexibility index (Phi) is 3.66. The molecule has 3 rings (SSSR count). The van der Waals surface area contributed by atoms with Crippen LogP contribution >= 0.6 is 0 Å². The van der Waals surface area contributed by atoms with Gasteiger partial charge < -0.3 is 5.32 Å². The fourth-order valence-corrected chi connectivity index (χ4v) is 3.68. The van der Waals surface area contributed by atoms with Gasteiger partial charge in [-0.05, 0) is 60.6 Å². The lowest BCUT2D eigenvalue weighted by molar-refractivity contribution is 0.126. The molecule has 1 saturated carbocycles. The standard InChI is InChI=1S/C18H27N/c1-14(2)19-13-18(9-4-10-18)12-15-7-8-16-5-3-6-17(16)11-15/h7-8,11,14,19H,3-6,9-10,12-13H2,1-2H3. The van der Waals surface area contributed by atoms with E-state index in [1.807, 2.05) is 0 Å². The Balaban J connectivity index is 1.69. The Hall–Kier alpha value is -0.820. The number of fused-ring (bicyclic) bond motifs is 1. The van der Waals surface area contributed by atoms with Crippen molar-refractivity contribution in [2.75, 3.05) is 6.54 Å². The Labute approximate surface area is 117 Å². The monoisotopic (exact) mass is 257 g/mol. The molecule has 1 nitrogen and oxygen atoms in total. The molecule has 0 radical (unpaired) electrons. The zero-order chi connectivity index (χ0) is 13.3. The molecular weight excluding hydrogens is 230 g/mol. The first-order valence-corrected chi connectivity index (χ1v) is 8.01. The van der Waals surface area contributed by atoms with Crippen LogP contribution in [0.25, 0.3) is 0 Å². The van der Waals surface area contributed by atoms with Gasteiger partial charge in [0.05, 0.1) is 0 Å². The molecule has 0 amide bonds. The van der Waals surface area contributed by atoms with Crippen LogP contribution < -0.4 is 5.32 Å². The third-order valence-electron chi connectivity index (χ3n) is 5.04. The Morgan fingerprint density at radius 3 is 2.58 bits per heavy atom. The predicted octanol–water partition coefficient (Wildman–Crippen LogP) is 3.89. The van der Waals surface area contributed by atoms with Gasteiger partial charge in [-0.2, -0.15) is 0 Å². The van der Waals surface area contributed by atoms with Crippen molar-refractivity contribution < 1.29 is 0 Å².